The van der Waals surface area contributed by atoms with Gasteiger partial charge in [0.25, 0.3) is 0 Å². The van der Waals surface area contributed by atoms with Crippen LogP contribution in [-0.2, 0) is 23.8 Å². The number of aliphatic hydroxyl groups excluding tert-OH is 2. The van der Waals surface area contributed by atoms with Crippen molar-refractivity contribution >= 4 is 18.0 Å². The van der Waals surface area contributed by atoms with Crippen molar-refractivity contribution in [1.82, 2.24) is 0 Å². The van der Waals surface area contributed by atoms with Crippen LogP contribution < -0.4 is 4.74 Å². The summed E-state index contributed by atoms with van der Waals surface area (Å²) in [5.74, 6) is -1.43. The Bertz CT molecular complexity index is 685. The van der Waals surface area contributed by atoms with E-state index in [1.54, 1.807) is 6.07 Å². The Labute approximate surface area is 149 Å². The molecule has 142 valence electrons. The minimum absolute atomic E-state index is 0.0312. The van der Waals surface area contributed by atoms with Gasteiger partial charge in [-0.2, -0.15) is 0 Å². The number of aliphatic hydroxyl groups is 2. The molecule has 0 aliphatic carbocycles. The van der Waals surface area contributed by atoms with Crippen LogP contribution in [0.2, 0.25) is 0 Å². The van der Waals surface area contributed by atoms with Crippen LogP contribution in [0.4, 0.5) is 0 Å². The van der Waals surface area contributed by atoms with E-state index in [9.17, 15) is 24.9 Å². The maximum atomic E-state index is 11.7. The van der Waals surface area contributed by atoms with E-state index in [4.69, 9.17) is 18.9 Å². The minimum atomic E-state index is -1.50. The molecular weight excluding hydrogens is 348 g/mol. The van der Waals surface area contributed by atoms with E-state index in [1.165, 1.54) is 32.4 Å². The van der Waals surface area contributed by atoms with Crippen molar-refractivity contribution in [3.8, 4) is 11.5 Å². The zero-order valence-electron chi connectivity index (χ0n) is 14.2. The van der Waals surface area contributed by atoms with Crippen molar-refractivity contribution in [2.45, 2.75) is 24.4 Å². The maximum Gasteiger partial charge on any atom is 0.338 e. The zero-order chi connectivity index (χ0) is 19.3. The molecule has 9 heteroatoms. The number of carbonyl (C=O) groups excluding carboxylic acids is 2. The lowest BCUT2D eigenvalue weighted by atomic mass is 10.1. The maximum absolute atomic E-state index is 11.7. The molecule has 1 saturated heterocycles. The number of methoxy groups -OCH3 is 2. The highest BCUT2D eigenvalue weighted by molar-refractivity contribution is 5.87. The van der Waals surface area contributed by atoms with Gasteiger partial charge in [0.05, 0.1) is 7.11 Å². The third kappa shape index (κ3) is 4.51. The third-order valence-electron chi connectivity index (χ3n) is 3.79. The molecular formula is C17H20O9. The van der Waals surface area contributed by atoms with Crippen molar-refractivity contribution in [2.75, 3.05) is 20.8 Å². The Morgan fingerprint density at radius 3 is 2.77 bits per heavy atom. The number of carbonyl (C=O) groups is 2. The van der Waals surface area contributed by atoms with Gasteiger partial charge in [-0.25, -0.2) is 9.59 Å². The van der Waals surface area contributed by atoms with Crippen molar-refractivity contribution in [2.24, 2.45) is 0 Å². The molecule has 2 rings (SSSR count). The first-order chi connectivity index (χ1) is 12.4. The summed E-state index contributed by atoms with van der Waals surface area (Å²) < 4.78 is 19.6. The highest BCUT2D eigenvalue weighted by Gasteiger charge is 2.47. The van der Waals surface area contributed by atoms with Crippen LogP contribution in [0.5, 0.6) is 11.5 Å². The number of phenols is 1. The van der Waals surface area contributed by atoms with Gasteiger partial charge in [-0.3, -0.25) is 0 Å². The molecule has 1 aromatic rings. The molecule has 0 aromatic heterocycles. The topological polar surface area (TPSA) is 132 Å². The second-order valence-corrected chi connectivity index (χ2v) is 5.51. The Morgan fingerprint density at radius 2 is 2.12 bits per heavy atom. The second kappa shape index (κ2) is 8.65. The fraction of sp³-hybridized carbons (Fsp3) is 0.412. The van der Waals surface area contributed by atoms with Crippen molar-refractivity contribution in [3.63, 3.8) is 0 Å². The summed E-state index contributed by atoms with van der Waals surface area (Å²) in [5.41, 5.74) is 0.587. The quantitative estimate of drug-likeness (QED) is 0.435. The highest BCUT2D eigenvalue weighted by Crippen LogP contribution is 2.26. The monoisotopic (exact) mass is 368 g/mol. The minimum Gasteiger partial charge on any atom is -0.504 e. The van der Waals surface area contributed by atoms with Gasteiger partial charge in [-0.1, -0.05) is 6.07 Å². The average Bonchev–Trinajstić information content (AvgIpc) is 2.93. The van der Waals surface area contributed by atoms with E-state index in [2.05, 4.69) is 0 Å². The molecule has 9 nitrogen and oxygen atoms in total. The number of hydrogen-bond donors (Lipinski definition) is 3. The SMILES string of the molecule is COc1cc(C=CC(=O)OCC(O)C2OC(=O)C(O)C2OC)ccc1O. The highest BCUT2D eigenvalue weighted by atomic mass is 16.6. The molecule has 1 aliphatic heterocycles. The van der Waals surface area contributed by atoms with Crippen LogP contribution in [0.1, 0.15) is 5.56 Å². The number of ether oxygens (including phenoxy) is 4. The molecule has 4 atom stereocenters. The molecule has 4 unspecified atom stereocenters. The third-order valence-corrected chi connectivity index (χ3v) is 3.79. The smallest absolute Gasteiger partial charge is 0.338 e. The summed E-state index contributed by atoms with van der Waals surface area (Å²) in [6.45, 7) is -0.452. The van der Waals surface area contributed by atoms with Crippen LogP contribution in [0.25, 0.3) is 6.08 Å². The number of benzene rings is 1. The van der Waals surface area contributed by atoms with Gasteiger partial charge in [0.15, 0.2) is 23.7 Å². The van der Waals surface area contributed by atoms with Crippen molar-refractivity contribution < 1.29 is 43.9 Å². The Morgan fingerprint density at radius 1 is 1.38 bits per heavy atom. The molecule has 0 radical (unpaired) electrons. The molecule has 0 saturated carbocycles. The van der Waals surface area contributed by atoms with E-state index >= 15 is 0 Å². The molecule has 0 bridgehead atoms. The van der Waals surface area contributed by atoms with Crippen molar-refractivity contribution in [1.29, 1.82) is 0 Å². The summed E-state index contributed by atoms with van der Waals surface area (Å²) in [4.78, 5) is 23.1. The van der Waals surface area contributed by atoms with Crippen LogP contribution in [0.3, 0.4) is 0 Å². The van der Waals surface area contributed by atoms with Gasteiger partial charge >= 0.3 is 11.9 Å². The first kappa shape index (κ1) is 19.7. The van der Waals surface area contributed by atoms with Crippen LogP contribution in [-0.4, -0.2) is 72.5 Å². The summed E-state index contributed by atoms with van der Waals surface area (Å²) in [5, 5.41) is 29.1. The van der Waals surface area contributed by atoms with Gasteiger partial charge in [0.2, 0.25) is 0 Å². The standard InChI is InChI=1S/C17H20O9/c1-23-12-7-9(3-5-10(12)18)4-6-13(20)25-8-11(19)15-16(24-2)14(21)17(22)26-15/h3-7,11,14-16,18-19,21H,8H2,1-2H3. The molecule has 26 heavy (non-hydrogen) atoms. The van der Waals surface area contributed by atoms with E-state index in [0.717, 1.165) is 6.08 Å². The van der Waals surface area contributed by atoms with E-state index < -0.39 is 43.0 Å². The van der Waals surface area contributed by atoms with Crippen molar-refractivity contribution in [3.05, 3.63) is 29.8 Å². The first-order valence-electron chi connectivity index (χ1n) is 7.68. The molecule has 3 N–H and O–H groups in total. The van der Waals surface area contributed by atoms with Crippen LogP contribution in [0.15, 0.2) is 24.3 Å². The largest absolute Gasteiger partial charge is 0.504 e. The fourth-order valence-electron chi connectivity index (χ4n) is 2.42. The second-order valence-electron chi connectivity index (χ2n) is 5.51. The fourth-order valence-corrected chi connectivity index (χ4v) is 2.42. The van der Waals surface area contributed by atoms with Gasteiger partial charge in [0.1, 0.15) is 18.8 Å². The summed E-state index contributed by atoms with van der Waals surface area (Å²) in [7, 11) is 2.66. The Kier molecular flexibility index (Phi) is 6.56. The first-order valence-corrected chi connectivity index (χ1v) is 7.68. The lowest BCUT2D eigenvalue weighted by molar-refractivity contribution is -0.154. The normalized spacial score (nSPS) is 23.7. The Hall–Kier alpha value is -2.62. The number of esters is 2. The lowest BCUT2D eigenvalue weighted by Gasteiger charge is -2.21. The average molecular weight is 368 g/mol. The van der Waals surface area contributed by atoms with Gasteiger partial charge in [-0.05, 0) is 23.8 Å². The van der Waals surface area contributed by atoms with E-state index in [1.807, 2.05) is 0 Å². The summed E-state index contributed by atoms with van der Waals surface area (Å²) >= 11 is 0. The molecule has 0 amide bonds. The number of aromatic hydroxyl groups is 1. The number of hydrogen-bond acceptors (Lipinski definition) is 9. The summed E-state index contributed by atoms with van der Waals surface area (Å²) in [6.07, 6.45) is -2.47. The molecule has 1 aliphatic rings. The summed E-state index contributed by atoms with van der Waals surface area (Å²) in [6, 6.07) is 4.51. The number of phenolic OH excluding ortho intramolecular Hbond substituents is 1. The zero-order valence-corrected chi connectivity index (χ0v) is 14.2. The van der Waals surface area contributed by atoms with E-state index in [0.29, 0.717) is 5.56 Å². The molecule has 1 heterocycles. The Balaban J connectivity index is 1.89. The lowest BCUT2D eigenvalue weighted by Crippen LogP contribution is -2.42. The van der Waals surface area contributed by atoms with Gasteiger partial charge < -0.3 is 34.3 Å². The van der Waals surface area contributed by atoms with Crippen LogP contribution >= 0.6 is 0 Å². The molecule has 0 spiro atoms. The predicted octanol–water partition coefficient (Wildman–Crippen LogP) is -0.381. The number of rotatable bonds is 7. The number of cyclic esters (lactones) is 1. The molecule has 1 fully saturated rings. The molecule has 1 aromatic carbocycles. The van der Waals surface area contributed by atoms with Gasteiger partial charge in [-0.15, -0.1) is 0 Å². The van der Waals surface area contributed by atoms with E-state index in [-0.39, 0.29) is 11.5 Å². The predicted molar refractivity (Wildman–Crippen MR) is 87.3 cm³/mol. The van der Waals surface area contributed by atoms with Crippen LogP contribution in [0, 0.1) is 0 Å². The van der Waals surface area contributed by atoms with Gasteiger partial charge in [0, 0.05) is 13.2 Å².